The van der Waals surface area contributed by atoms with Crippen molar-refractivity contribution < 1.29 is 14.3 Å². The molecule has 1 N–H and O–H groups in total. The number of benzene rings is 1. The molecular weight excluding hydrogens is 246 g/mol. The minimum atomic E-state index is -0.789. The van der Waals surface area contributed by atoms with Crippen LogP contribution in [0.5, 0.6) is 5.75 Å². The van der Waals surface area contributed by atoms with Crippen molar-refractivity contribution in [1.29, 1.82) is 0 Å². The van der Waals surface area contributed by atoms with Crippen LogP contribution in [0.4, 0.5) is 5.69 Å². The van der Waals surface area contributed by atoms with E-state index in [4.69, 9.17) is 4.74 Å². The first-order valence-electron chi connectivity index (χ1n) is 5.68. The van der Waals surface area contributed by atoms with Crippen LogP contribution in [0.15, 0.2) is 40.6 Å². The van der Waals surface area contributed by atoms with Gasteiger partial charge in [0, 0.05) is 6.08 Å². The lowest BCUT2D eigenvalue weighted by Crippen LogP contribution is -2.26. The molecule has 2 rings (SSSR count). The molecule has 1 aliphatic rings. The minimum absolute atomic E-state index is 0.364. The van der Waals surface area contributed by atoms with Gasteiger partial charge in [0.25, 0.3) is 11.8 Å². The molecule has 0 aromatic heterocycles. The second kappa shape index (κ2) is 5.43. The van der Waals surface area contributed by atoms with Gasteiger partial charge < -0.3 is 10.1 Å². The molecule has 0 spiro atoms. The van der Waals surface area contributed by atoms with Crippen LogP contribution in [0, 0.1) is 6.92 Å². The van der Waals surface area contributed by atoms with Crippen LogP contribution in [-0.4, -0.2) is 25.0 Å². The predicted octanol–water partition coefficient (Wildman–Crippen LogP) is 1.86. The molecule has 0 fully saturated rings. The van der Waals surface area contributed by atoms with Crippen molar-refractivity contribution in [2.45, 2.75) is 13.0 Å². The molecule has 1 unspecified atom stereocenters. The summed E-state index contributed by atoms with van der Waals surface area (Å²) in [5.74, 6) is -0.264. The number of rotatable bonds is 3. The summed E-state index contributed by atoms with van der Waals surface area (Å²) >= 11 is 0. The number of nitrogens with zero attached hydrogens (tertiary/aromatic N) is 2. The standard InChI is InChI=1S/C13H13N3O3/c1-8-3-5-11(19-2)10(7-8)14-13(18)9-4-6-12(17)16-15-9/h3-7,9H,1-2H3,(H,14,18). The number of hydrogen-bond acceptors (Lipinski definition) is 4. The van der Waals surface area contributed by atoms with Crippen LogP contribution in [0.25, 0.3) is 0 Å². The number of ether oxygens (including phenoxy) is 1. The Kier molecular flexibility index (Phi) is 3.70. The number of anilines is 1. The maximum Gasteiger partial charge on any atom is 0.287 e. The van der Waals surface area contributed by atoms with E-state index in [0.29, 0.717) is 11.4 Å². The van der Waals surface area contributed by atoms with Crippen molar-refractivity contribution in [3.63, 3.8) is 0 Å². The highest BCUT2D eigenvalue weighted by molar-refractivity contribution is 5.99. The summed E-state index contributed by atoms with van der Waals surface area (Å²) in [6, 6.07) is 4.66. The van der Waals surface area contributed by atoms with Gasteiger partial charge in [0.1, 0.15) is 5.75 Å². The average molecular weight is 259 g/mol. The molecule has 19 heavy (non-hydrogen) atoms. The Morgan fingerprint density at radius 2 is 2.21 bits per heavy atom. The van der Waals surface area contributed by atoms with E-state index in [1.54, 1.807) is 12.1 Å². The van der Waals surface area contributed by atoms with Crippen LogP contribution >= 0.6 is 0 Å². The first-order chi connectivity index (χ1) is 9.10. The Balaban J connectivity index is 2.15. The van der Waals surface area contributed by atoms with Crippen molar-refractivity contribution in [2.24, 2.45) is 10.2 Å². The lowest BCUT2D eigenvalue weighted by atomic mass is 10.2. The molecule has 0 saturated heterocycles. The zero-order valence-electron chi connectivity index (χ0n) is 10.6. The van der Waals surface area contributed by atoms with Crippen molar-refractivity contribution in [3.05, 3.63) is 35.9 Å². The Morgan fingerprint density at radius 3 is 2.84 bits per heavy atom. The summed E-state index contributed by atoms with van der Waals surface area (Å²) in [6.07, 6.45) is 2.64. The minimum Gasteiger partial charge on any atom is -0.495 e. The molecular formula is C13H13N3O3. The topological polar surface area (TPSA) is 80.1 Å². The lowest BCUT2D eigenvalue weighted by molar-refractivity contribution is -0.117. The number of carbonyl (C=O) groups is 2. The van der Waals surface area contributed by atoms with Gasteiger partial charge in [-0.3, -0.25) is 9.59 Å². The first kappa shape index (κ1) is 12.9. The van der Waals surface area contributed by atoms with Crippen LogP contribution in [0.1, 0.15) is 5.56 Å². The Bertz CT molecular complexity index is 562. The van der Waals surface area contributed by atoms with E-state index in [1.807, 2.05) is 13.0 Å². The summed E-state index contributed by atoms with van der Waals surface area (Å²) < 4.78 is 5.16. The van der Waals surface area contributed by atoms with E-state index < -0.39 is 11.9 Å². The summed E-state index contributed by atoms with van der Waals surface area (Å²) in [4.78, 5) is 22.8. The zero-order valence-corrected chi connectivity index (χ0v) is 10.6. The quantitative estimate of drug-likeness (QED) is 0.899. The summed E-state index contributed by atoms with van der Waals surface area (Å²) in [5, 5.41) is 9.67. The molecule has 1 atom stereocenters. The van der Waals surface area contributed by atoms with Crippen molar-refractivity contribution in [3.8, 4) is 5.75 Å². The van der Waals surface area contributed by atoms with Crippen LogP contribution in [0.2, 0.25) is 0 Å². The van der Waals surface area contributed by atoms with Crippen molar-refractivity contribution in [1.82, 2.24) is 0 Å². The van der Waals surface area contributed by atoms with E-state index in [1.165, 1.54) is 19.3 Å². The van der Waals surface area contributed by atoms with Crippen molar-refractivity contribution in [2.75, 3.05) is 12.4 Å². The van der Waals surface area contributed by atoms with Gasteiger partial charge in [-0.1, -0.05) is 6.07 Å². The number of nitrogens with one attached hydrogen (secondary N) is 1. The molecule has 1 aromatic carbocycles. The van der Waals surface area contributed by atoms with Gasteiger partial charge in [-0.05, 0) is 30.7 Å². The first-order valence-corrected chi connectivity index (χ1v) is 5.68. The van der Waals surface area contributed by atoms with Gasteiger partial charge in [0.05, 0.1) is 12.8 Å². The molecule has 0 bridgehead atoms. The molecule has 6 nitrogen and oxygen atoms in total. The number of aryl methyl sites for hydroxylation is 1. The third-order valence-corrected chi connectivity index (χ3v) is 2.58. The van der Waals surface area contributed by atoms with Crippen LogP contribution in [0.3, 0.4) is 0 Å². The van der Waals surface area contributed by atoms with Gasteiger partial charge in [0.2, 0.25) is 0 Å². The number of azo groups is 1. The Morgan fingerprint density at radius 1 is 1.42 bits per heavy atom. The SMILES string of the molecule is COc1ccc(C)cc1NC(=O)C1C=CC(=O)N=N1. The maximum atomic E-state index is 12.0. The molecule has 1 heterocycles. The molecule has 0 aliphatic carbocycles. The summed E-state index contributed by atoms with van der Waals surface area (Å²) in [7, 11) is 1.53. The Labute approximate surface area is 110 Å². The van der Waals surface area contributed by atoms with Gasteiger partial charge >= 0.3 is 0 Å². The van der Waals surface area contributed by atoms with E-state index >= 15 is 0 Å². The third kappa shape index (κ3) is 3.04. The molecule has 6 heteroatoms. The predicted molar refractivity (Wildman–Crippen MR) is 69.2 cm³/mol. The largest absolute Gasteiger partial charge is 0.495 e. The second-order valence-electron chi connectivity index (χ2n) is 4.05. The van der Waals surface area contributed by atoms with Gasteiger partial charge in [-0.15, -0.1) is 5.11 Å². The average Bonchev–Trinajstić information content (AvgIpc) is 2.39. The Hall–Kier alpha value is -2.50. The number of hydrogen-bond donors (Lipinski definition) is 1. The number of amides is 2. The van der Waals surface area contributed by atoms with E-state index in [2.05, 4.69) is 15.5 Å². The smallest absolute Gasteiger partial charge is 0.287 e. The summed E-state index contributed by atoms with van der Waals surface area (Å²) in [6.45, 7) is 1.91. The van der Waals surface area contributed by atoms with Crippen molar-refractivity contribution >= 4 is 17.5 Å². The van der Waals surface area contributed by atoms with E-state index in [9.17, 15) is 9.59 Å². The fraction of sp³-hybridized carbons (Fsp3) is 0.231. The molecule has 0 saturated carbocycles. The van der Waals surface area contributed by atoms with Crippen LogP contribution in [-0.2, 0) is 9.59 Å². The summed E-state index contributed by atoms with van der Waals surface area (Å²) in [5.41, 5.74) is 1.56. The lowest BCUT2D eigenvalue weighted by Gasteiger charge is -2.13. The molecule has 1 aliphatic heterocycles. The number of carbonyl (C=O) groups excluding carboxylic acids is 2. The molecule has 1 aromatic rings. The van der Waals surface area contributed by atoms with Gasteiger partial charge in [-0.2, -0.15) is 5.11 Å². The molecule has 2 amide bonds. The highest BCUT2D eigenvalue weighted by Gasteiger charge is 2.19. The number of methoxy groups -OCH3 is 1. The third-order valence-electron chi connectivity index (χ3n) is 2.58. The van der Waals surface area contributed by atoms with Crippen LogP contribution < -0.4 is 10.1 Å². The fourth-order valence-electron chi connectivity index (χ4n) is 1.63. The highest BCUT2D eigenvalue weighted by atomic mass is 16.5. The fourth-order valence-corrected chi connectivity index (χ4v) is 1.63. The van der Waals surface area contributed by atoms with E-state index in [0.717, 1.165) is 5.56 Å². The normalized spacial score (nSPS) is 17.4. The van der Waals surface area contributed by atoms with E-state index in [-0.39, 0.29) is 5.91 Å². The molecule has 98 valence electrons. The molecule has 0 radical (unpaired) electrons. The van der Waals surface area contributed by atoms with Gasteiger partial charge in [-0.25, -0.2) is 0 Å². The second-order valence-corrected chi connectivity index (χ2v) is 4.05. The monoisotopic (exact) mass is 259 g/mol. The highest BCUT2D eigenvalue weighted by Crippen LogP contribution is 2.25. The van der Waals surface area contributed by atoms with Gasteiger partial charge in [0.15, 0.2) is 6.04 Å². The zero-order chi connectivity index (χ0) is 13.8. The maximum absolute atomic E-state index is 12.0.